The van der Waals surface area contributed by atoms with E-state index in [0.717, 1.165) is 6.26 Å². The Balaban J connectivity index is 1.78. The Morgan fingerprint density at radius 2 is 1.68 bits per heavy atom. The van der Waals surface area contributed by atoms with Gasteiger partial charge in [-0.2, -0.15) is 0 Å². The van der Waals surface area contributed by atoms with Crippen molar-refractivity contribution in [3.63, 3.8) is 0 Å². The molecule has 6 heteroatoms. The predicted molar refractivity (Wildman–Crippen MR) is 88.9 cm³/mol. The maximum absolute atomic E-state index is 12.6. The Morgan fingerprint density at radius 3 is 2.36 bits per heavy atom. The van der Waals surface area contributed by atoms with Crippen LogP contribution in [0.4, 0.5) is 0 Å². The minimum atomic E-state index is -0.691. The molecule has 0 bridgehead atoms. The van der Waals surface area contributed by atoms with Gasteiger partial charge in [-0.15, -0.1) is 0 Å². The molecule has 1 heterocycles. The van der Waals surface area contributed by atoms with Crippen LogP contribution in [0.5, 0.6) is 11.5 Å². The number of aromatic nitrogens is 1. The van der Waals surface area contributed by atoms with Crippen LogP contribution in [-0.2, 0) is 4.74 Å². The van der Waals surface area contributed by atoms with Crippen molar-refractivity contribution in [2.75, 3.05) is 6.61 Å². The number of ether oxygens (including phenoxy) is 2. The lowest BCUT2D eigenvalue weighted by atomic mass is 10.0. The molecule has 25 heavy (non-hydrogen) atoms. The SMILES string of the molecule is CCOC(=O)c1nocc1C(=O)c1ccc(Oc2ccccc2)cc1. The molecule has 0 fully saturated rings. The third kappa shape index (κ3) is 3.74. The molecule has 2 aromatic carbocycles. The van der Waals surface area contributed by atoms with Crippen molar-refractivity contribution in [2.24, 2.45) is 0 Å². The molecule has 0 unspecified atom stereocenters. The molecule has 0 aliphatic carbocycles. The molecule has 6 nitrogen and oxygen atoms in total. The minimum absolute atomic E-state index is 0.0650. The van der Waals surface area contributed by atoms with E-state index in [9.17, 15) is 9.59 Å². The Morgan fingerprint density at radius 1 is 1.00 bits per heavy atom. The zero-order valence-corrected chi connectivity index (χ0v) is 13.5. The van der Waals surface area contributed by atoms with E-state index in [4.69, 9.17) is 14.0 Å². The lowest BCUT2D eigenvalue weighted by Gasteiger charge is -2.06. The van der Waals surface area contributed by atoms with Gasteiger partial charge in [-0.05, 0) is 43.3 Å². The largest absolute Gasteiger partial charge is 0.461 e. The Bertz CT molecular complexity index is 868. The van der Waals surface area contributed by atoms with Gasteiger partial charge in [-0.3, -0.25) is 4.79 Å². The number of carbonyl (C=O) groups excluding carboxylic acids is 2. The Kier molecular flexibility index (Phi) is 4.89. The fourth-order valence-electron chi connectivity index (χ4n) is 2.20. The second kappa shape index (κ2) is 7.44. The second-order valence-corrected chi connectivity index (χ2v) is 5.07. The average molecular weight is 337 g/mol. The van der Waals surface area contributed by atoms with E-state index in [2.05, 4.69) is 5.16 Å². The minimum Gasteiger partial charge on any atom is -0.461 e. The zero-order chi connectivity index (χ0) is 17.6. The van der Waals surface area contributed by atoms with Crippen molar-refractivity contribution in [3.05, 3.63) is 77.7 Å². The molecule has 0 N–H and O–H groups in total. The van der Waals surface area contributed by atoms with Crippen LogP contribution < -0.4 is 4.74 Å². The number of hydrogen-bond donors (Lipinski definition) is 0. The first-order valence-corrected chi connectivity index (χ1v) is 7.68. The fraction of sp³-hybridized carbons (Fsp3) is 0.105. The van der Waals surface area contributed by atoms with E-state index in [1.807, 2.05) is 30.3 Å². The van der Waals surface area contributed by atoms with E-state index in [1.54, 1.807) is 31.2 Å². The molecular formula is C19H15NO5. The Hall–Kier alpha value is -3.41. The van der Waals surface area contributed by atoms with Crippen molar-refractivity contribution in [1.29, 1.82) is 0 Å². The summed E-state index contributed by atoms with van der Waals surface area (Å²) < 4.78 is 15.3. The molecule has 0 amide bonds. The van der Waals surface area contributed by atoms with E-state index in [0.29, 0.717) is 17.1 Å². The summed E-state index contributed by atoms with van der Waals surface area (Å²) in [5.41, 5.74) is 0.320. The molecule has 0 aliphatic heterocycles. The monoisotopic (exact) mass is 337 g/mol. The highest BCUT2D eigenvalue weighted by atomic mass is 16.5. The second-order valence-electron chi connectivity index (χ2n) is 5.07. The summed E-state index contributed by atoms with van der Waals surface area (Å²) in [4.78, 5) is 24.4. The number of para-hydroxylation sites is 1. The van der Waals surface area contributed by atoms with Crippen LogP contribution in [0.15, 0.2) is 65.4 Å². The number of benzene rings is 2. The maximum atomic E-state index is 12.6. The molecule has 0 spiro atoms. The summed E-state index contributed by atoms with van der Waals surface area (Å²) in [6.45, 7) is 1.86. The Labute approximate surface area is 144 Å². The summed E-state index contributed by atoms with van der Waals surface area (Å²) in [5, 5.41) is 3.56. The van der Waals surface area contributed by atoms with Gasteiger partial charge in [0.15, 0.2) is 5.78 Å². The molecule has 0 radical (unpaired) electrons. The van der Waals surface area contributed by atoms with Crippen LogP contribution in [0.25, 0.3) is 0 Å². The predicted octanol–water partition coefficient (Wildman–Crippen LogP) is 3.87. The lowest BCUT2D eigenvalue weighted by Crippen LogP contribution is -2.11. The van der Waals surface area contributed by atoms with Crippen LogP contribution in [0.2, 0.25) is 0 Å². The lowest BCUT2D eigenvalue weighted by molar-refractivity contribution is 0.0512. The van der Waals surface area contributed by atoms with Gasteiger partial charge in [0.25, 0.3) is 0 Å². The van der Waals surface area contributed by atoms with E-state index in [-0.39, 0.29) is 23.6 Å². The van der Waals surface area contributed by atoms with Gasteiger partial charge in [0.1, 0.15) is 17.8 Å². The summed E-state index contributed by atoms with van der Waals surface area (Å²) >= 11 is 0. The molecule has 126 valence electrons. The van der Waals surface area contributed by atoms with Crippen LogP contribution in [-0.4, -0.2) is 23.5 Å². The van der Waals surface area contributed by atoms with Gasteiger partial charge in [-0.1, -0.05) is 23.4 Å². The number of hydrogen-bond acceptors (Lipinski definition) is 6. The topological polar surface area (TPSA) is 78.6 Å². The highest BCUT2D eigenvalue weighted by Crippen LogP contribution is 2.22. The first-order valence-electron chi connectivity index (χ1n) is 7.68. The van der Waals surface area contributed by atoms with Crippen LogP contribution in [0.3, 0.4) is 0 Å². The standard InChI is InChI=1S/C19H15NO5/c1-2-23-19(22)17-16(12-24-20-17)18(21)13-8-10-15(11-9-13)25-14-6-4-3-5-7-14/h3-12H,2H2,1H3. The highest BCUT2D eigenvalue weighted by Gasteiger charge is 2.23. The van der Waals surface area contributed by atoms with Crippen molar-refractivity contribution in [3.8, 4) is 11.5 Å². The number of rotatable bonds is 6. The zero-order valence-electron chi connectivity index (χ0n) is 13.5. The molecule has 0 saturated carbocycles. The average Bonchev–Trinajstić information content (AvgIpc) is 3.13. The van der Waals surface area contributed by atoms with Crippen LogP contribution in [0.1, 0.15) is 33.3 Å². The quantitative estimate of drug-likeness (QED) is 0.502. The maximum Gasteiger partial charge on any atom is 0.361 e. The van der Waals surface area contributed by atoms with Gasteiger partial charge in [0.05, 0.1) is 12.2 Å². The van der Waals surface area contributed by atoms with Gasteiger partial charge < -0.3 is 14.0 Å². The molecular weight excluding hydrogens is 322 g/mol. The van der Waals surface area contributed by atoms with Crippen molar-refractivity contribution in [2.45, 2.75) is 6.92 Å². The summed E-state index contributed by atoms with van der Waals surface area (Å²) in [5.74, 6) is 0.225. The summed E-state index contributed by atoms with van der Waals surface area (Å²) in [6, 6.07) is 15.9. The molecule has 0 saturated heterocycles. The van der Waals surface area contributed by atoms with Crippen molar-refractivity contribution >= 4 is 11.8 Å². The van der Waals surface area contributed by atoms with E-state index >= 15 is 0 Å². The van der Waals surface area contributed by atoms with Gasteiger partial charge >= 0.3 is 5.97 Å². The molecule has 3 aromatic rings. The number of carbonyl (C=O) groups is 2. The van der Waals surface area contributed by atoms with Crippen molar-refractivity contribution < 1.29 is 23.6 Å². The smallest absolute Gasteiger partial charge is 0.361 e. The normalized spacial score (nSPS) is 10.3. The van der Waals surface area contributed by atoms with E-state index in [1.165, 1.54) is 0 Å². The van der Waals surface area contributed by atoms with Crippen molar-refractivity contribution in [1.82, 2.24) is 5.16 Å². The fourth-order valence-corrected chi connectivity index (χ4v) is 2.20. The first kappa shape index (κ1) is 16.4. The van der Waals surface area contributed by atoms with Gasteiger partial charge in [0.2, 0.25) is 5.69 Å². The molecule has 0 atom stereocenters. The number of ketones is 1. The van der Waals surface area contributed by atoms with E-state index < -0.39 is 5.97 Å². The molecule has 0 aliphatic rings. The van der Waals surface area contributed by atoms with Gasteiger partial charge in [0, 0.05) is 5.56 Å². The first-order chi connectivity index (χ1) is 12.2. The molecule has 1 aromatic heterocycles. The number of esters is 1. The van der Waals surface area contributed by atoms with Crippen LogP contribution >= 0.6 is 0 Å². The van der Waals surface area contributed by atoms with Gasteiger partial charge in [-0.25, -0.2) is 4.79 Å². The third-order valence-electron chi connectivity index (χ3n) is 3.38. The summed E-state index contributed by atoms with van der Waals surface area (Å²) in [6.07, 6.45) is 1.14. The third-order valence-corrected chi connectivity index (χ3v) is 3.38. The number of nitrogens with zero attached hydrogens (tertiary/aromatic N) is 1. The van der Waals surface area contributed by atoms with Crippen LogP contribution in [0, 0.1) is 0 Å². The highest BCUT2D eigenvalue weighted by molar-refractivity contribution is 6.13. The summed E-state index contributed by atoms with van der Waals surface area (Å²) in [7, 11) is 0. The molecule has 3 rings (SSSR count).